The van der Waals surface area contributed by atoms with Gasteiger partial charge in [0.2, 0.25) is 0 Å². The number of carbonyl (C=O) groups excluding carboxylic acids is 1. The topological polar surface area (TPSA) is 59.8 Å². The van der Waals surface area contributed by atoms with Gasteiger partial charge in [0.05, 0.1) is 10.9 Å². The van der Waals surface area contributed by atoms with E-state index in [1.807, 2.05) is 54.9 Å². The highest BCUT2D eigenvalue weighted by molar-refractivity contribution is 6.09. The minimum Gasteiger partial charge on any atom is -0.304 e. The minimum atomic E-state index is -0.157. The van der Waals surface area contributed by atoms with Crippen LogP contribution in [-0.4, -0.2) is 20.7 Å². The van der Waals surface area contributed by atoms with Crippen LogP contribution >= 0.6 is 0 Å². The molecule has 0 saturated carbocycles. The molecular weight excluding hydrogens is 324 g/mol. The summed E-state index contributed by atoms with van der Waals surface area (Å²) in [5, 5.41) is 9.44. The zero-order valence-corrected chi connectivity index (χ0v) is 15.1. The summed E-state index contributed by atoms with van der Waals surface area (Å²) in [5.41, 5.74) is 4.46. The van der Waals surface area contributed by atoms with Crippen LogP contribution in [-0.2, 0) is 6.54 Å². The molecule has 130 valence electrons. The first-order valence-corrected chi connectivity index (χ1v) is 8.72. The Morgan fingerprint density at radius 1 is 1.08 bits per heavy atom. The molecular formula is C21H20N4O. The van der Waals surface area contributed by atoms with Crippen LogP contribution in [0.3, 0.4) is 0 Å². The summed E-state index contributed by atoms with van der Waals surface area (Å²) in [6, 6.07) is 15.7. The molecule has 2 heterocycles. The van der Waals surface area contributed by atoms with Crippen molar-refractivity contribution in [3.63, 3.8) is 0 Å². The predicted molar refractivity (Wildman–Crippen MR) is 105 cm³/mol. The second-order valence-electron chi connectivity index (χ2n) is 6.44. The molecule has 4 rings (SSSR count). The first-order chi connectivity index (χ1) is 12.6. The van der Waals surface area contributed by atoms with Gasteiger partial charge in [-0.15, -0.1) is 0 Å². The van der Waals surface area contributed by atoms with E-state index < -0.39 is 0 Å². The predicted octanol–water partition coefficient (Wildman–Crippen LogP) is 4.47. The van der Waals surface area contributed by atoms with Crippen LogP contribution in [0.15, 0.2) is 48.5 Å². The van der Waals surface area contributed by atoms with E-state index in [2.05, 4.69) is 29.5 Å². The molecule has 5 heteroatoms. The largest absolute Gasteiger partial charge is 0.304 e. The Bertz CT molecular complexity index is 1140. The van der Waals surface area contributed by atoms with Crippen LogP contribution in [0.5, 0.6) is 0 Å². The van der Waals surface area contributed by atoms with Crippen molar-refractivity contribution in [3.8, 4) is 0 Å². The van der Waals surface area contributed by atoms with E-state index in [-0.39, 0.29) is 5.91 Å². The number of benzene rings is 2. The number of rotatable bonds is 3. The number of amides is 1. The fourth-order valence-corrected chi connectivity index (χ4v) is 3.25. The summed E-state index contributed by atoms with van der Waals surface area (Å²) in [4.78, 5) is 17.5. The van der Waals surface area contributed by atoms with Crippen LogP contribution in [0.4, 0.5) is 5.82 Å². The molecule has 4 aromatic rings. The molecule has 26 heavy (non-hydrogen) atoms. The number of hydrogen-bond donors (Lipinski definition) is 1. The third kappa shape index (κ3) is 2.62. The first kappa shape index (κ1) is 16.3. The number of fused-ring (bicyclic) bond motifs is 2. The van der Waals surface area contributed by atoms with Gasteiger partial charge >= 0.3 is 0 Å². The molecule has 0 radical (unpaired) electrons. The Morgan fingerprint density at radius 3 is 2.62 bits per heavy atom. The number of aromatic nitrogens is 3. The van der Waals surface area contributed by atoms with E-state index in [0.717, 1.165) is 33.1 Å². The molecule has 1 N–H and O–H groups in total. The second-order valence-corrected chi connectivity index (χ2v) is 6.44. The minimum absolute atomic E-state index is 0.157. The first-order valence-electron chi connectivity index (χ1n) is 8.72. The lowest BCUT2D eigenvalue weighted by Gasteiger charge is -2.06. The lowest BCUT2D eigenvalue weighted by molar-refractivity contribution is 0.102. The van der Waals surface area contributed by atoms with Crippen LogP contribution in [0.25, 0.3) is 21.9 Å². The number of pyridine rings is 1. The molecule has 0 aliphatic carbocycles. The van der Waals surface area contributed by atoms with Crippen molar-refractivity contribution in [3.05, 3.63) is 65.2 Å². The summed E-state index contributed by atoms with van der Waals surface area (Å²) in [6.07, 6.45) is 0. The van der Waals surface area contributed by atoms with E-state index in [1.165, 1.54) is 0 Å². The maximum absolute atomic E-state index is 12.7. The normalized spacial score (nSPS) is 11.2. The number of anilines is 1. The molecule has 0 atom stereocenters. The fourth-order valence-electron chi connectivity index (χ4n) is 3.25. The number of nitrogens with zero attached hydrogens (tertiary/aromatic N) is 3. The van der Waals surface area contributed by atoms with Gasteiger partial charge in [-0.25, -0.2) is 9.67 Å². The number of carbonyl (C=O) groups is 1. The third-order valence-electron chi connectivity index (χ3n) is 4.67. The molecule has 0 aliphatic heterocycles. The number of hydrogen-bond acceptors (Lipinski definition) is 3. The van der Waals surface area contributed by atoms with Crippen molar-refractivity contribution in [2.45, 2.75) is 27.3 Å². The average Bonchev–Trinajstić information content (AvgIpc) is 2.98. The van der Waals surface area contributed by atoms with E-state index in [1.54, 1.807) is 0 Å². The monoisotopic (exact) mass is 344 g/mol. The standard InChI is InChI=1S/C21H20N4O/c1-4-25-20-17(12-15-10-7-9-14(3)18(15)22-20)19(24-25)23-21(26)16-11-6-5-8-13(16)2/h5-12H,4H2,1-3H3,(H,23,24,26). The molecule has 2 aromatic heterocycles. The Morgan fingerprint density at radius 2 is 1.85 bits per heavy atom. The van der Waals surface area contributed by atoms with Gasteiger partial charge in [-0.05, 0) is 44.0 Å². The van der Waals surface area contributed by atoms with Crippen LogP contribution in [0.2, 0.25) is 0 Å². The smallest absolute Gasteiger partial charge is 0.257 e. The van der Waals surface area contributed by atoms with Gasteiger partial charge < -0.3 is 5.32 Å². The van der Waals surface area contributed by atoms with E-state index >= 15 is 0 Å². The van der Waals surface area contributed by atoms with Gasteiger partial charge in [0.15, 0.2) is 11.5 Å². The van der Waals surface area contributed by atoms with Gasteiger partial charge in [0, 0.05) is 17.5 Å². The Labute approximate surface area is 151 Å². The lowest BCUT2D eigenvalue weighted by Crippen LogP contribution is -2.14. The maximum Gasteiger partial charge on any atom is 0.257 e. The quantitative estimate of drug-likeness (QED) is 0.596. The molecule has 0 spiro atoms. The van der Waals surface area contributed by atoms with Crippen LogP contribution < -0.4 is 5.32 Å². The van der Waals surface area contributed by atoms with Crippen molar-refractivity contribution in [2.75, 3.05) is 5.32 Å². The van der Waals surface area contributed by atoms with Crippen molar-refractivity contribution in [1.29, 1.82) is 0 Å². The van der Waals surface area contributed by atoms with Crippen molar-refractivity contribution >= 4 is 33.7 Å². The highest BCUT2D eigenvalue weighted by atomic mass is 16.1. The Kier molecular flexibility index (Phi) is 3.92. The highest BCUT2D eigenvalue weighted by Gasteiger charge is 2.17. The average molecular weight is 344 g/mol. The van der Waals surface area contributed by atoms with Crippen LogP contribution in [0, 0.1) is 13.8 Å². The molecule has 2 aromatic carbocycles. The Hall–Kier alpha value is -3.21. The van der Waals surface area contributed by atoms with Gasteiger partial charge in [-0.1, -0.05) is 36.4 Å². The van der Waals surface area contributed by atoms with E-state index in [9.17, 15) is 4.79 Å². The van der Waals surface area contributed by atoms with Crippen molar-refractivity contribution in [1.82, 2.24) is 14.8 Å². The van der Waals surface area contributed by atoms with Gasteiger partial charge in [0.25, 0.3) is 5.91 Å². The molecule has 1 amide bonds. The van der Waals surface area contributed by atoms with Crippen LogP contribution in [0.1, 0.15) is 28.4 Å². The molecule has 0 bridgehead atoms. The summed E-state index contributed by atoms with van der Waals surface area (Å²) >= 11 is 0. The molecule has 5 nitrogen and oxygen atoms in total. The third-order valence-corrected chi connectivity index (χ3v) is 4.67. The molecule has 0 saturated heterocycles. The fraction of sp³-hybridized carbons (Fsp3) is 0.190. The zero-order chi connectivity index (χ0) is 18.3. The van der Waals surface area contributed by atoms with Gasteiger partial charge in [-0.3, -0.25) is 4.79 Å². The SMILES string of the molecule is CCn1nc(NC(=O)c2ccccc2C)c2cc3cccc(C)c3nc21. The highest BCUT2D eigenvalue weighted by Crippen LogP contribution is 2.27. The number of nitrogens with one attached hydrogen (secondary N) is 1. The summed E-state index contributed by atoms with van der Waals surface area (Å²) < 4.78 is 1.83. The lowest BCUT2D eigenvalue weighted by atomic mass is 10.1. The Balaban J connectivity index is 1.85. The van der Waals surface area contributed by atoms with Gasteiger partial charge in [-0.2, -0.15) is 5.10 Å². The van der Waals surface area contributed by atoms with Crippen molar-refractivity contribution < 1.29 is 4.79 Å². The molecule has 0 unspecified atom stereocenters. The van der Waals surface area contributed by atoms with E-state index in [4.69, 9.17) is 4.98 Å². The van der Waals surface area contributed by atoms with Gasteiger partial charge in [0.1, 0.15) is 0 Å². The summed E-state index contributed by atoms with van der Waals surface area (Å²) in [7, 11) is 0. The summed E-state index contributed by atoms with van der Waals surface area (Å²) in [6.45, 7) is 6.68. The summed E-state index contributed by atoms with van der Waals surface area (Å²) in [5.74, 6) is 0.390. The molecule has 0 aliphatic rings. The number of para-hydroxylation sites is 1. The maximum atomic E-state index is 12.7. The second kappa shape index (κ2) is 6.26. The molecule has 0 fully saturated rings. The van der Waals surface area contributed by atoms with Crippen molar-refractivity contribution in [2.24, 2.45) is 0 Å². The van der Waals surface area contributed by atoms with E-state index in [0.29, 0.717) is 17.9 Å². The number of aryl methyl sites for hydroxylation is 3. The zero-order valence-electron chi connectivity index (χ0n) is 15.1.